The molecule has 1 aromatic carbocycles. The molecular weight excluding hydrogens is 521 g/mol. The Balaban J connectivity index is 1.39. The summed E-state index contributed by atoms with van der Waals surface area (Å²) < 4.78 is 37.8. The number of carbonyl (C=O) groups is 1. The van der Waals surface area contributed by atoms with E-state index in [1.165, 1.54) is 19.4 Å². The lowest BCUT2D eigenvalue weighted by Gasteiger charge is -2.44. The summed E-state index contributed by atoms with van der Waals surface area (Å²) in [6.07, 6.45) is 1.48. The van der Waals surface area contributed by atoms with Crippen molar-refractivity contribution in [3.05, 3.63) is 40.4 Å². The molecule has 2 aliphatic heterocycles. The molecule has 3 aromatic rings. The standard InChI is InChI=1S/C28H34FN5O6/c1-15-9-21(35)17-11-18(22(38-14-37-6)12-23(17)39-15)26-30-13-24(31-32-26)33(5)20-10-16-7-8-19(25(20)29)34(16)27(36)40-28(2,3)4/h9,11-13,16,19-20,25H,7-8,10,14H2,1-6H3/t16-,19+,20-,25+/m0/s1. The van der Waals surface area contributed by atoms with E-state index in [1.54, 1.807) is 56.7 Å². The second-order valence-corrected chi connectivity index (χ2v) is 11.3. The van der Waals surface area contributed by atoms with E-state index in [0.717, 1.165) is 6.42 Å². The van der Waals surface area contributed by atoms with Crippen LogP contribution < -0.4 is 15.1 Å². The van der Waals surface area contributed by atoms with Crippen molar-refractivity contribution in [3.63, 3.8) is 0 Å². The molecule has 11 nitrogen and oxygen atoms in total. The third kappa shape index (κ3) is 5.32. The van der Waals surface area contributed by atoms with Crippen LogP contribution >= 0.6 is 0 Å². The predicted molar refractivity (Wildman–Crippen MR) is 145 cm³/mol. The number of hydrogen-bond acceptors (Lipinski definition) is 10. The van der Waals surface area contributed by atoms with Crippen LogP contribution in [-0.2, 0) is 9.47 Å². The number of carbonyl (C=O) groups excluding carboxylic acids is 1. The maximum Gasteiger partial charge on any atom is 0.410 e. The molecule has 5 rings (SSSR count). The first kappa shape index (κ1) is 27.8. The summed E-state index contributed by atoms with van der Waals surface area (Å²) >= 11 is 0. The summed E-state index contributed by atoms with van der Waals surface area (Å²) in [5.41, 5.74) is -0.0505. The molecule has 12 heteroatoms. The number of aromatic nitrogens is 3. The van der Waals surface area contributed by atoms with Gasteiger partial charge in [-0.1, -0.05) is 0 Å². The van der Waals surface area contributed by atoms with Crippen LogP contribution in [0.15, 0.2) is 33.6 Å². The summed E-state index contributed by atoms with van der Waals surface area (Å²) in [7, 11) is 3.25. The van der Waals surface area contributed by atoms with E-state index in [2.05, 4.69) is 15.2 Å². The number of anilines is 1. The van der Waals surface area contributed by atoms with Crippen LogP contribution in [0.1, 0.15) is 45.8 Å². The van der Waals surface area contributed by atoms with Crippen molar-refractivity contribution in [1.82, 2.24) is 20.1 Å². The summed E-state index contributed by atoms with van der Waals surface area (Å²) in [5, 5.41) is 8.97. The van der Waals surface area contributed by atoms with Gasteiger partial charge in [-0.3, -0.25) is 9.69 Å². The molecule has 0 saturated carbocycles. The zero-order valence-electron chi connectivity index (χ0n) is 23.5. The van der Waals surface area contributed by atoms with Gasteiger partial charge in [0.15, 0.2) is 23.9 Å². The van der Waals surface area contributed by atoms with E-state index in [-0.39, 0.29) is 24.1 Å². The van der Waals surface area contributed by atoms with E-state index in [0.29, 0.717) is 46.7 Å². The van der Waals surface area contributed by atoms with Crippen LogP contribution in [0.5, 0.6) is 5.75 Å². The molecular formula is C28H34FN5O6. The average Bonchev–Trinajstić information content (AvgIpc) is 3.25. The lowest BCUT2D eigenvalue weighted by molar-refractivity contribution is -0.0104. The van der Waals surface area contributed by atoms with Crippen LogP contribution in [-0.4, -0.2) is 77.0 Å². The van der Waals surface area contributed by atoms with Crippen molar-refractivity contribution >= 4 is 22.9 Å². The molecule has 1 amide bonds. The molecule has 214 valence electrons. The van der Waals surface area contributed by atoms with Crippen LogP contribution in [0.4, 0.5) is 15.0 Å². The highest BCUT2D eigenvalue weighted by atomic mass is 19.1. The van der Waals surface area contributed by atoms with E-state index in [4.69, 9.17) is 18.6 Å². The van der Waals surface area contributed by atoms with Gasteiger partial charge in [0.25, 0.3) is 0 Å². The Morgan fingerprint density at radius 1 is 1.23 bits per heavy atom. The number of aryl methyl sites for hydroxylation is 1. The van der Waals surface area contributed by atoms with Crippen LogP contribution in [0.25, 0.3) is 22.4 Å². The minimum atomic E-state index is -1.30. The Kier molecular flexibility index (Phi) is 7.38. The molecule has 0 aliphatic carbocycles. The topological polar surface area (TPSA) is 120 Å². The molecule has 2 bridgehead atoms. The highest BCUT2D eigenvalue weighted by Crippen LogP contribution is 2.41. The normalized spacial score (nSPS) is 22.4. The average molecular weight is 556 g/mol. The molecule has 4 atom stereocenters. The van der Waals surface area contributed by atoms with Gasteiger partial charge in [0.2, 0.25) is 0 Å². The van der Waals surface area contributed by atoms with Crippen LogP contribution in [0.3, 0.4) is 0 Å². The van der Waals surface area contributed by atoms with E-state index in [9.17, 15) is 9.59 Å². The number of hydrogen-bond donors (Lipinski definition) is 0. The summed E-state index contributed by atoms with van der Waals surface area (Å²) in [4.78, 5) is 33.2. The Hall–Kier alpha value is -3.80. The fourth-order valence-electron chi connectivity index (χ4n) is 5.54. The number of rotatable bonds is 6. The minimum absolute atomic E-state index is 0.0367. The number of piperidine rings is 1. The number of nitrogens with zero attached hydrogens (tertiary/aromatic N) is 5. The van der Waals surface area contributed by atoms with Gasteiger partial charge in [0.1, 0.15) is 28.9 Å². The van der Waals surface area contributed by atoms with Gasteiger partial charge in [-0.25, -0.2) is 14.2 Å². The lowest BCUT2D eigenvalue weighted by Crippen LogP contribution is -2.59. The Morgan fingerprint density at radius 2 is 2.00 bits per heavy atom. The largest absolute Gasteiger partial charge is 0.467 e. The number of amides is 1. The van der Waals surface area contributed by atoms with Gasteiger partial charge in [-0.05, 0) is 53.0 Å². The van der Waals surface area contributed by atoms with Gasteiger partial charge in [0.05, 0.1) is 29.2 Å². The first-order valence-electron chi connectivity index (χ1n) is 13.3. The number of fused-ring (bicyclic) bond motifs is 3. The predicted octanol–water partition coefficient (Wildman–Crippen LogP) is 4.25. The molecule has 2 saturated heterocycles. The second-order valence-electron chi connectivity index (χ2n) is 11.3. The van der Waals surface area contributed by atoms with Crippen molar-refractivity contribution < 1.29 is 27.8 Å². The highest BCUT2D eigenvalue weighted by molar-refractivity contribution is 5.85. The van der Waals surface area contributed by atoms with Crippen molar-refractivity contribution in [2.75, 3.05) is 25.9 Å². The number of ether oxygens (including phenoxy) is 3. The van der Waals surface area contributed by atoms with Crippen molar-refractivity contribution in [2.45, 2.75) is 76.9 Å². The van der Waals surface area contributed by atoms with Gasteiger partial charge in [-0.15, -0.1) is 10.2 Å². The molecule has 40 heavy (non-hydrogen) atoms. The quantitative estimate of drug-likeness (QED) is 0.408. The minimum Gasteiger partial charge on any atom is -0.467 e. The molecule has 2 aliphatic rings. The number of methoxy groups -OCH3 is 1. The third-order valence-electron chi connectivity index (χ3n) is 7.33. The molecule has 0 unspecified atom stereocenters. The Bertz CT molecular complexity index is 1460. The van der Waals surface area contributed by atoms with E-state index >= 15 is 4.39 Å². The SMILES string of the molecule is COCOc1cc2oc(C)cc(=O)c2cc1-c1ncc(N(C)[C@H]2C[C@@H]3CC[C@H]([C@H]2F)N3C(=O)OC(C)(C)C)nn1. The molecule has 0 radical (unpaired) electrons. The first-order valence-corrected chi connectivity index (χ1v) is 13.3. The van der Waals surface area contributed by atoms with Crippen LogP contribution in [0.2, 0.25) is 0 Å². The molecule has 0 N–H and O–H groups in total. The van der Waals surface area contributed by atoms with E-state index < -0.39 is 29.9 Å². The summed E-state index contributed by atoms with van der Waals surface area (Å²) in [6, 6.07) is 3.43. The fraction of sp³-hybridized carbons (Fsp3) is 0.536. The maximum atomic E-state index is 15.8. The monoisotopic (exact) mass is 555 g/mol. The highest BCUT2D eigenvalue weighted by Gasteiger charge is 2.52. The van der Waals surface area contributed by atoms with Crippen LogP contribution in [0, 0.1) is 6.92 Å². The number of alkyl halides is 1. The second kappa shape index (κ2) is 10.6. The maximum absolute atomic E-state index is 15.8. The molecule has 2 aromatic heterocycles. The first-order chi connectivity index (χ1) is 19.0. The molecule has 2 fully saturated rings. The summed E-state index contributed by atoms with van der Waals surface area (Å²) in [5.74, 6) is 1.45. The Morgan fingerprint density at radius 3 is 2.67 bits per heavy atom. The van der Waals surface area contributed by atoms with E-state index in [1.807, 2.05) is 0 Å². The molecule has 0 spiro atoms. The van der Waals surface area contributed by atoms with Gasteiger partial charge in [-0.2, -0.15) is 0 Å². The zero-order chi connectivity index (χ0) is 28.8. The Labute approximate surface area is 231 Å². The van der Waals surface area contributed by atoms with Gasteiger partial charge in [0, 0.05) is 32.3 Å². The fourth-order valence-corrected chi connectivity index (χ4v) is 5.54. The van der Waals surface area contributed by atoms with Crippen molar-refractivity contribution in [1.29, 1.82) is 0 Å². The lowest BCUT2D eigenvalue weighted by atomic mass is 9.94. The van der Waals surface area contributed by atoms with Gasteiger partial charge >= 0.3 is 6.09 Å². The van der Waals surface area contributed by atoms with Gasteiger partial charge < -0.3 is 23.5 Å². The number of benzene rings is 1. The number of halogens is 1. The van der Waals surface area contributed by atoms with Crippen molar-refractivity contribution in [2.24, 2.45) is 0 Å². The van der Waals surface area contributed by atoms with Crippen molar-refractivity contribution in [3.8, 4) is 17.1 Å². The zero-order valence-corrected chi connectivity index (χ0v) is 23.5. The summed E-state index contributed by atoms with van der Waals surface area (Å²) in [6.45, 7) is 7.06. The third-order valence-corrected chi connectivity index (χ3v) is 7.33. The smallest absolute Gasteiger partial charge is 0.410 e. The molecule has 4 heterocycles.